The summed E-state index contributed by atoms with van der Waals surface area (Å²) in [6.07, 6.45) is 5.90. The molecule has 1 aliphatic rings. The zero-order valence-corrected chi connectivity index (χ0v) is 10.3. The van der Waals surface area contributed by atoms with Gasteiger partial charge >= 0.3 is 5.97 Å². The number of nitrogens with two attached hydrogens (primary N) is 1. The first kappa shape index (κ1) is 14.4. The lowest BCUT2D eigenvalue weighted by Crippen LogP contribution is -2.32. The maximum absolute atomic E-state index is 11.0. The summed E-state index contributed by atoms with van der Waals surface area (Å²) in [5, 5.41) is 0. The van der Waals surface area contributed by atoms with Crippen molar-refractivity contribution in [2.75, 3.05) is 6.54 Å². The van der Waals surface area contributed by atoms with Gasteiger partial charge in [0.1, 0.15) is 6.10 Å². The van der Waals surface area contributed by atoms with Crippen molar-refractivity contribution in [3.63, 3.8) is 0 Å². The molecular weight excluding hydrogens is 190 g/mol. The highest BCUT2D eigenvalue weighted by Crippen LogP contribution is 2.28. The van der Waals surface area contributed by atoms with E-state index in [0.29, 0.717) is 5.92 Å². The number of carbonyl (C=O) groups excluding carboxylic acids is 1. The van der Waals surface area contributed by atoms with E-state index in [1.165, 1.54) is 19.3 Å². The SMILES string of the molecule is CC.CCC1CCCCC1OC(=O)CN. The van der Waals surface area contributed by atoms with Crippen molar-refractivity contribution in [2.24, 2.45) is 11.7 Å². The van der Waals surface area contributed by atoms with Gasteiger partial charge in [-0.2, -0.15) is 0 Å². The fraction of sp³-hybridized carbons (Fsp3) is 0.917. The fourth-order valence-electron chi connectivity index (χ4n) is 2.01. The third-order valence-electron chi connectivity index (χ3n) is 2.81. The van der Waals surface area contributed by atoms with Gasteiger partial charge in [-0.1, -0.05) is 27.2 Å². The lowest BCUT2D eigenvalue weighted by Gasteiger charge is -2.30. The Hall–Kier alpha value is -0.570. The molecule has 90 valence electrons. The van der Waals surface area contributed by atoms with Gasteiger partial charge in [0.05, 0.1) is 6.54 Å². The molecule has 2 unspecified atom stereocenters. The van der Waals surface area contributed by atoms with Gasteiger partial charge in [-0.05, 0) is 31.6 Å². The molecule has 0 aromatic heterocycles. The molecule has 1 aliphatic carbocycles. The van der Waals surface area contributed by atoms with Crippen LogP contribution in [-0.2, 0) is 9.53 Å². The largest absolute Gasteiger partial charge is 0.461 e. The quantitative estimate of drug-likeness (QED) is 0.736. The van der Waals surface area contributed by atoms with Crippen LogP contribution in [0.15, 0.2) is 0 Å². The highest BCUT2D eigenvalue weighted by Gasteiger charge is 2.26. The van der Waals surface area contributed by atoms with Crippen molar-refractivity contribution in [2.45, 2.75) is 59.0 Å². The number of ether oxygens (including phenoxy) is 1. The molecule has 1 rings (SSSR count). The summed E-state index contributed by atoms with van der Waals surface area (Å²) in [5.41, 5.74) is 5.20. The Morgan fingerprint density at radius 1 is 1.33 bits per heavy atom. The molecule has 0 aromatic rings. The average Bonchev–Trinajstić information content (AvgIpc) is 2.32. The van der Waals surface area contributed by atoms with Gasteiger partial charge in [0.15, 0.2) is 0 Å². The van der Waals surface area contributed by atoms with Gasteiger partial charge in [-0.15, -0.1) is 0 Å². The van der Waals surface area contributed by atoms with Crippen molar-refractivity contribution < 1.29 is 9.53 Å². The molecule has 2 N–H and O–H groups in total. The molecule has 0 radical (unpaired) electrons. The van der Waals surface area contributed by atoms with E-state index in [-0.39, 0.29) is 18.6 Å². The maximum atomic E-state index is 11.0. The molecule has 0 spiro atoms. The lowest BCUT2D eigenvalue weighted by atomic mass is 9.85. The zero-order valence-electron chi connectivity index (χ0n) is 10.3. The number of carbonyl (C=O) groups is 1. The average molecular weight is 215 g/mol. The van der Waals surface area contributed by atoms with Crippen LogP contribution in [0.5, 0.6) is 0 Å². The van der Waals surface area contributed by atoms with E-state index < -0.39 is 0 Å². The Morgan fingerprint density at radius 2 is 1.93 bits per heavy atom. The van der Waals surface area contributed by atoms with Crippen LogP contribution in [0.2, 0.25) is 0 Å². The normalized spacial score (nSPS) is 25.1. The van der Waals surface area contributed by atoms with Crippen molar-refractivity contribution >= 4 is 5.97 Å². The molecular formula is C12H25NO2. The third-order valence-corrected chi connectivity index (χ3v) is 2.81. The Bertz CT molecular complexity index is 171. The summed E-state index contributed by atoms with van der Waals surface area (Å²) in [6.45, 7) is 6.16. The fourth-order valence-corrected chi connectivity index (χ4v) is 2.01. The zero-order chi connectivity index (χ0) is 11.7. The van der Waals surface area contributed by atoms with Crippen LogP contribution >= 0.6 is 0 Å². The Labute approximate surface area is 93.4 Å². The Morgan fingerprint density at radius 3 is 2.47 bits per heavy atom. The van der Waals surface area contributed by atoms with Crippen molar-refractivity contribution in [3.05, 3.63) is 0 Å². The van der Waals surface area contributed by atoms with Gasteiger partial charge < -0.3 is 10.5 Å². The van der Waals surface area contributed by atoms with Gasteiger partial charge in [-0.25, -0.2) is 0 Å². The van der Waals surface area contributed by atoms with Gasteiger partial charge in [0.2, 0.25) is 0 Å². The molecule has 3 nitrogen and oxygen atoms in total. The second kappa shape index (κ2) is 8.72. The van der Waals surface area contributed by atoms with E-state index in [1.54, 1.807) is 0 Å². The van der Waals surface area contributed by atoms with Crippen LogP contribution in [-0.4, -0.2) is 18.6 Å². The monoisotopic (exact) mass is 215 g/mol. The second-order valence-corrected chi connectivity index (χ2v) is 3.69. The Balaban J connectivity index is 0.000000921. The van der Waals surface area contributed by atoms with Crippen molar-refractivity contribution in [1.82, 2.24) is 0 Å². The van der Waals surface area contributed by atoms with E-state index in [2.05, 4.69) is 6.92 Å². The highest BCUT2D eigenvalue weighted by molar-refractivity contribution is 5.71. The molecule has 15 heavy (non-hydrogen) atoms. The number of rotatable bonds is 3. The van der Waals surface area contributed by atoms with E-state index in [9.17, 15) is 4.79 Å². The summed E-state index contributed by atoms with van der Waals surface area (Å²) in [5.74, 6) is 0.301. The van der Waals surface area contributed by atoms with Crippen LogP contribution in [0, 0.1) is 5.92 Å². The van der Waals surface area contributed by atoms with Gasteiger partial charge in [-0.3, -0.25) is 4.79 Å². The second-order valence-electron chi connectivity index (χ2n) is 3.69. The van der Waals surface area contributed by atoms with Gasteiger partial charge in [0, 0.05) is 0 Å². The first-order valence-corrected chi connectivity index (χ1v) is 6.17. The minimum Gasteiger partial charge on any atom is -0.461 e. The summed E-state index contributed by atoms with van der Waals surface area (Å²) in [6, 6.07) is 0. The molecule has 1 fully saturated rings. The molecule has 0 saturated heterocycles. The van der Waals surface area contributed by atoms with E-state index in [4.69, 9.17) is 10.5 Å². The Kier molecular flexibility index (Phi) is 8.38. The summed E-state index contributed by atoms with van der Waals surface area (Å²) in [4.78, 5) is 11.0. The van der Waals surface area contributed by atoms with Crippen LogP contribution in [0.3, 0.4) is 0 Å². The minimum atomic E-state index is -0.259. The van der Waals surface area contributed by atoms with Crippen LogP contribution in [0.4, 0.5) is 0 Å². The van der Waals surface area contributed by atoms with Crippen molar-refractivity contribution in [1.29, 1.82) is 0 Å². The van der Waals surface area contributed by atoms with Crippen LogP contribution in [0.1, 0.15) is 52.9 Å². The van der Waals surface area contributed by atoms with Crippen LogP contribution < -0.4 is 5.73 Å². The molecule has 0 amide bonds. The van der Waals surface area contributed by atoms with E-state index in [1.807, 2.05) is 13.8 Å². The lowest BCUT2D eigenvalue weighted by molar-refractivity contribution is -0.151. The molecule has 0 bridgehead atoms. The standard InChI is InChI=1S/C10H19NO2.C2H6/c1-2-8-5-3-4-6-9(8)13-10(12)7-11;1-2/h8-9H,2-7,11H2,1H3;1-2H3. The molecule has 2 atom stereocenters. The molecule has 1 saturated carbocycles. The number of hydrogen-bond acceptors (Lipinski definition) is 3. The predicted molar refractivity (Wildman–Crippen MR) is 62.5 cm³/mol. The number of esters is 1. The molecule has 0 aromatic carbocycles. The third kappa shape index (κ3) is 5.17. The predicted octanol–water partition coefficient (Wildman–Crippen LogP) is 2.48. The summed E-state index contributed by atoms with van der Waals surface area (Å²) in [7, 11) is 0. The molecule has 0 aliphatic heterocycles. The maximum Gasteiger partial charge on any atom is 0.319 e. The molecule has 0 heterocycles. The van der Waals surface area contributed by atoms with Gasteiger partial charge in [0.25, 0.3) is 0 Å². The first-order valence-electron chi connectivity index (χ1n) is 6.17. The van der Waals surface area contributed by atoms with E-state index >= 15 is 0 Å². The number of hydrogen-bond donors (Lipinski definition) is 1. The van der Waals surface area contributed by atoms with Crippen LogP contribution in [0.25, 0.3) is 0 Å². The van der Waals surface area contributed by atoms with E-state index in [0.717, 1.165) is 12.8 Å². The topological polar surface area (TPSA) is 52.3 Å². The summed E-state index contributed by atoms with van der Waals surface area (Å²) >= 11 is 0. The highest BCUT2D eigenvalue weighted by atomic mass is 16.5. The first-order chi connectivity index (χ1) is 7.27. The minimum absolute atomic E-state index is 0.00688. The summed E-state index contributed by atoms with van der Waals surface area (Å²) < 4.78 is 5.28. The molecule has 3 heteroatoms. The smallest absolute Gasteiger partial charge is 0.319 e. The van der Waals surface area contributed by atoms with Crippen molar-refractivity contribution in [3.8, 4) is 0 Å².